The Labute approximate surface area is 128 Å². The highest BCUT2D eigenvalue weighted by molar-refractivity contribution is 7.22. The Morgan fingerprint density at radius 3 is 2.82 bits per heavy atom. The number of fused-ring (bicyclic) bond motifs is 1. The summed E-state index contributed by atoms with van der Waals surface area (Å²) < 4.78 is 27.2. The molecule has 0 saturated carbocycles. The molecule has 0 atom stereocenters. The molecule has 1 aromatic heterocycles. The fourth-order valence-electron chi connectivity index (χ4n) is 1.87. The Hall–Kier alpha value is -2.60. The first kappa shape index (κ1) is 14.3. The summed E-state index contributed by atoms with van der Waals surface area (Å²) in [7, 11) is 0. The second-order valence-corrected chi connectivity index (χ2v) is 5.51. The van der Waals surface area contributed by atoms with Crippen molar-refractivity contribution in [3.05, 3.63) is 65.7 Å². The molecule has 0 unspecified atom stereocenters. The van der Waals surface area contributed by atoms with E-state index in [1.807, 2.05) is 0 Å². The van der Waals surface area contributed by atoms with Crippen LogP contribution in [0.1, 0.15) is 5.56 Å². The van der Waals surface area contributed by atoms with Crippen molar-refractivity contribution in [2.45, 2.75) is 0 Å². The van der Waals surface area contributed by atoms with Crippen LogP contribution < -0.4 is 5.32 Å². The van der Waals surface area contributed by atoms with Gasteiger partial charge in [-0.15, -0.1) is 0 Å². The van der Waals surface area contributed by atoms with E-state index in [0.29, 0.717) is 20.9 Å². The van der Waals surface area contributed by atoms with Crippen molar-refractivity contribution in [2.24, 2.45) is 0 Å². The Bertz CT molecular complexity index is 873. The van der Waals surface area contributed by atoms with Gasteiger partial charge in [-0.3, -0.25) is 10.1 Å². The van der Waals surface area contributed by atoms with Gasteiger partial charge < -0.3 is 0 Å². The average molecular weight is 316 g/mol. The Morgan fingerprint density at radius 1 is 1.18 bits per heavy atom. The monoisotopic (exact) mass is 316 g/mol. The minimum absolute atomic E-state index is 0.323. The van der Waals surface area contributed by atoms with Crippen LogP contribution in [0.2, 0.25) is 0 Å². The highest BCUT2D eigenvalue weighted by atomic mass is 32.1. The lowest BCUT2D eigenvalue weighted by Gasteiger charge is -1.96. The lowest BCUT2D eigenvalue weighted by molar-refractivity contribution is -0.111. The zero-order valence-electron chi connectivity index (χ0n) is 11.2. The summed E-state index contributed by atoms with van der Waals surface area (Å²) in [5.41, 5.74) is 0.934. The fourth-order valence-corrected chi connectivity index (χ4v) is 2.77. The maximum atomic E-state index is 13.4. The van der Waals surface area contributed by atoms with Gasteiger partial charge in [0.1, 0.15) is 11.6 Å². The molecular weight excluding hydrogens is 306 g/mol. The summed E-state index contributed by atoms with van der Waals surface area (Å²) in [4.78, 5) is 16.0. The number of carbonyl (C=O) groups excluding carboxylic acids is 1. The average Bonchev–Trinajstić information content (AvgIpc) is 2.87. The predicted octanol–water partition coefficient (Wildman–Crippen LogP) is 4.23. The normalized spacial score (nSPS) is 11.2. The Kier molecular flexibility index (Phi) is 3.93. The van der Waals surface area contributed by atoms with Crippen LogP contribution in [-0.2, 0) is 4.79 Å². The van der Waals surface area contributed by atoms with Gasteiger partial charge in [0.05, 0.1) is 10.2 Å². The predicted molar refractivity (Wildman–Crippen MR) is 83.6 cm³/mol. The maximum Gasteiger partial charge on any atom is 0.250 e. The number of benzene rings is 2. The summed E-state index contributed by atoms with van der Waals surface area (Å²) in [6.07, 6.45) is 2.61. The van der Waals surface area contributed by atoms with Gasteiger partial charge in [0.25, 0.3) is 0 Å². The molecule has 0 fully saturated rings. The maximum absolute atomic E-state index is 13.4. The van der Waals surface area contributed by atoms with Crippen LogP contribution in [0.3, 0.4) is 0 Å². The van der Waals surface area contributed by atoms with Crippen molar-refractivity contribution >= 4 is 38.7 Å². The third-order valence-corrected chi connectivity index (χ3v) is 3.83. The van der Waals surface area contributed by atoms with E-state index in [1.165, 1.54) is 41.7 Å². The summed E-state index contributed by atoms with van der Waals surface area (Å²) in [6, 6.07) is 10.4. The van der Waals surface area contributed by atoms with Crippen LogP contribution in [0, 0.1) is 11.6 Å². The first-order chi connectivity index (χ1) is 10.6. The van der Waals surface area contributed by atoms with E-state index < -0.39 is 11.7 Å². The lowest BCUT2D eigenvalue weighted by atomic mass is 10.2. The van der Waals surface area contributed by atoms with Crippen molar-refractivity contribution in [3.63, 3.8) is 0 Å². The molecule has 22 heavy (non-hydrogen) atoms. The molecule has 0 bridgehead atoms. The molecule has 0 spiro atoms. The van der Waals surface area contributed by atoms with Gasteiger partial charge in [-0.2, -0.15) is 0 Å². The van der Waals surface area contributed by atoms with Crippen molar-refractivity contribution < 1.29 is 13.6 Å². The van der Waals surface area contributed by atoms with Crippen LogP contribution in [0.5, 0.6) is 0 Å². The number of hydrogen-bond acceptors (Lipinski definition) is 3. The molecule has 6 heteroatoms. The van der Waals surface area contributed by atoms with Gasteiger partial charge in [0.2, 0.25) is 5.91 Å². The van der Waals surface area contributed by atoms with Crippen LogP contribution >= 0.6 is 11.3 Å². The van der Waals surface area contributed by atoms with Crippen LogP contribution in [-0.4, -0.2) is 10.9 Å². The standard InChI is InChI=1S/C16H10F2N2OS/c17-11-6-7-13-14(9-11)22-16(19-13)20-15(21)8-5-10-3-1-2-4-12(10)18/h1-9H,(H,19,20,21)/b8-5+. The molecule has 0 radical (unpaired) electrons. The number of nitrogens with zero attached hydrogens (tertiary/aromatic N) is 1. The molecule has 3 aromatic rings. The van der Waals surface area contributed by atoms with Gasteiger partial charge in [-0.1, -0.05) is 29.5 Å². The first-order valence-corrected chi connectivity index (χ1v) is 7.23. The SMILES string of the molecule is O=C(/C=C/c1ccccc1F)Nc1nc2ccc(F)cc2s1. The first-order valence-electron chi connectivity index (χ1n) is 6.41. The van der Waals surface area contributed by atoms with Crippen molar-refractivity contribution in [1.82, 2.24) is 4.98 Å². The van der Waals surface area contributed by atoms with Crippen molar-refractivity contribution in [2.75, 3.05) is 5.32 Å². The van der Waals surface area contributed by atoms with Crippen molar-refractivity contribution in [3.8, 4) is 0 Å². The van der Waals surface area contributed by atoms with Crippen molar-refractivity contribution in [1.29, 1.82) is 0 Å². The van der Waals surface area contributed by atoms with E-state index in [2.05, 4.69) is 10.3 Å². The van der Waals surface area contributed by atoms with E-state index in [9.17, 15) is 13.6 Å². The number of carbonyl (C=O) groups is 1. The summed E-state index contributed by atoms with van der Waals surface area (Å²) in [6.45, 7) is 0. The number of halogens is 2. The molecule has 0 aliphatic carbocycles. The highest BCUT2D eigenvalue weighted by Gasteiger charge is 2.07. The molecule has 0 aliphatic rings. The largest absolute Gasteiger partial charge is 0.298 e. The number of hydrogen-bond donors (Lipinski definition) is 1. The number of anilines is 1. The topological polar surface area (TPSA) is 42.0 Å². The third-order valence-electron chi connectivity index (χ3n) is 2.90. The van der Waals surface area contributed by atoms with E-state index in [4.69, 9.17) is 0 Å². The third kappa shape index (κ3) is 3.17. The minimum Gasteiger partial charge on any atom is -0.298 e. The second kappa shape index (κ2) is 6.03. The minimum atomic E-state index is -0.428. The summed E-state index contributed by atoms with van der Waals surface area (Å²) in [5, 5.41) is 2.94. The van der Waals surface area contributed by atoms with E-state index in [1.54, 1.807) is 24.3 Å². The van der Waals surface area contributed by atoms with E-state index in [-0.39, 0.29) is 5.82 Å². The summed E-state index contributed by atoms with van der Waals surface area (Å²) in [5.74, 6) is -1.18. The van der Waals surface area contributed by atoms with Gasteiger partial charge in [-0.05, 0) is 30.3 Å². The number of amides is 1. The molecule has 0 aliphatic heterocycles. The molecule has 3 nitrogen and oxygen atoms in total. The Balaban J connectivity index is 1.74. The molecule has 110 valence electrons. The number of nitrogens with one attached hydrogen (secondary N) is 1. The van der Waals surface area contributed by atoms with Gasteiger partial charge in [-0.25, -0.2) is 13.8 Å². The highest BCUT2D eigenvalue weighted by Crippen LogP contribution is 2.26. The molecule has 2 aromatic carbocycles. The molecule has 1 N–H and O–H groups in total. The summed E-state index contributed by atoms with van der Waals surface area (Å²) >= 11 is 1.17. The molecule has 3 rings (SSSR count). The van der Waals surface area contributed by atoms with E-state index in [0.717, 1.165) is 0 Å². The lowest BCUT2D eigenvalue weighted by Crippen LogP contribution is -2.07. The molecule has 0 saturated heterocycles. The zero-order valence-corrected chi connectivity index (χ0v) is 12.0. The molecule has 1 amide bonds. The zero-order chi connectivity index (χ0) is 15.5. The number of aromatic nitrogens is 1. The van der Waals surface area contributed by atoms with E-state index >= 15 is 0 Å². The van der Waals surface area contributed by atoms with Crippen LogP contribution in [0.25, 0.3) is 16.3 Å². The Morgan fingerprint density at radius 2 is 2.00 bits per heavy atom. The smallest absolute Gasteiger partial charge is 0.250 e. The van der Waals surface area contributed by atoms with Crippen LogP contribution in [0.15, 0.2) is 48.5 Å². The number of thiazole rings is 1. The fraction of sp³-hybridized carbons (Fsp3) is 0. The van der Waals surface area contributed by atoms with Gasteiger partial charge in [0, 0.05) is 11.6 Å². The number of rotatable bonds is 3. The van der Waals surface area contributed by atoms with Gasteiger partial charge in [0.15, 0.2) is 5.13 Å². The quantitative estimate of drug-likeness (QED) is 0.735. The second-order valence-electron chi connectivity index (χ2n) is 4.48. The molecular formula is C16H10F2N2OS. The molecule has 1 heterocycles. The van der Waals surface area contributed by atoms with Gasteiger partial charge >= 0.3 is 0 Å². The van der Waals surface area contributed by atoms with Crippen LogP contribution in [0.4, 0.5) is 13.9 Å².